The summed E-state index contributed by atoms with van der Waals surface area (Å²) in [4.78, 5) is 0. The van der Waals surface area contributed by atoms with Gasteiger partial charge in [-0.2, -0.15) is 0 Å². The molecule has 0 fully saturated rings. The Morgan fingerprint density at radius 1 is 1.14 bits per heavy atom. The van der Waals surface area contributed by atoms with Gasteiger partial charge in [-0.25, -0.2) is 0 Å². The maximum absolute atomic E-state index is 9.20. The van der Waals surface area contributed by atoms with Crippen LogP contribution in [0.2, 0.25) is 0 Å². The quantitative estimate of drug-likeness (QED) is 0.700. The van der Waals surface area contributed by atoms with Gasteiger partial charge in [-0.05, 0) is 24.1 Å². The Labute approximate surface area is 132 Å². The molecule has 0 aliphatic carbocycles. The van der Waals surface area contributed by atoms with Gasteiger partial charge in [-0.15, -0.1) is 10.2 Å². The first-order valence-corrected chi connectivity index (χ1v) is 7.94. The third kappa shape index (κ3) is 3.72. The van der Waals surface area contributed by atoms with Crippen molar-refractivity contribution in [2.24, 2.45) is 0 Å². The topological polar surface area (TPSA) is 71.2 Å². The summed E-state index contributed by atoms with van der Waals surface area (Å²) < 4.78 is 5.41. The predicted octanol–water partition coefficient (Wildman–Crippen LogP) is 3.26. The summed E-state index contributed by atoms with van der Waals surface area (Å²) in [7, 11) is 0. The molecule has 1 atom stereocenters. The molecule has 0 bridgehead atoms. The van der Waals surface area contributed by atoms with Gasteiger partial charge >= 0.3 is 0 Å². The van der Waals surface area contributed by atoms with Crippen molar-refractivity contribution in [2.75, 3.05) is 11.9 Å². The SMILES string of the molecule is OCCC(Nc1nnc(Cc2ccccc2)s1)c1ccco1. The lowest BCUT2D eigenvalue weighted by molar-refractivity contribution is 0.273. The second kappa shape index (κ2) is 7.20. The molecule has 114 valence electrons. The lowest BCUT2D eigenvalue weighted by atomic mass is 10.1. The van der Waals surface area contributed by atoms with E-state index in [9.17, 15) is 5.11 Å². The van der Waals surface area contributed by atoms with Crippen LogP contribution < -0.4 is 5.32 Å². The number of aromatic nitrogens is 2. The molecule has 0 amide bonds. The molecule has 0 saturated heterocycles. The van der Waals surface area contributed by atoms with E-state index < -0.39 is 0 Å². The standard InChI is InChI=1S/C16H17N3O2S/c20-9-8-13(14-7-4-10-21-14)17-16-19-18-15(22-16)11-12-5-2-1-3-6-12/h1-7,10,13,20H,8-9,11H2,(H,17,19). The van der Waals surface area contributed by atoms with Crippen LogP contribution in [0.25, 0.3) is 0 Å². The molecule has 0 radical (unpaired) electrons. The molecule has 2 heterocycles. The number of benzene rings is 1. The number of nitrogens with one attached hydrogen (secondary N) is 1. The van der Waals surface area contributed by atoms with E-state index in [-0.39, 0.29) is 12.6 Å². The number of nitrogens with zero attached hydrogens (tertiary/aromatic N) is 2. The van der Waals surface area contributed by atoms with Crippen LogP contribution in [0, 0.1) is 0 Å². The molecule has 3 rings (SSSR count). The zero-order valence-electron chi connectivity index (χ0n) is 12.0. The number of furan rings is 1. The summed E-state index contributed by atoms with van der Waals surface area (Å²) in [6.45, 7) is 0.0774. The summed E-state index contributed by atoms with van der Waals surface area (Å²) in [5.74, 6) is 0.786. The first kappa shape index (κ1) is 14.7. The minimum Gasteiger partial charge on any atom is -0.467 e. The van der Waals surface area contributed by atoms with Crippen LogP contribution in [0.1, 0.15) is 28.8 Å². The molecular formula is C16H17N3O2S. The van der Waals surface area contributed by atoms with Gasteiger partial charge in [0.05, 0.1) is 12.3 Å². The normalized spacial score (nSPS) is 12.2. The third-order valence-corrected chi connectivity index (χ3v) is 4.12. The van der Waals surface area contributed by atoms with Gasteiger partial charge in [0.15, 0.2) is 0 Å². The highest BCUT2D eigenvalue weighted by atomic mass is 32.1. The minimum atomic E-state index is -0.0995. The summed E-state index contributed by atoms with van der Waals surface area (Å²) in [6, 6.07) is 13.8. The van der Waals surface area contributed by atoms with Crippen molar-refractivity contribution in [1.29, 1.82) is 0 Å². The fourth-order valence-corrected chi connectivity index (χ4v) is 3.03. The molecule has 2 N–H and O–H groups in total. The Hall–Kier alpha value is -2.18. The van der Waals surface area contributed by atoms with Crippen LogP contribution >= 0.6 is 11.3 Å². The van der Waals surface area contributed by atoms with Crippen LogP contribution in [-0.2, 0) is 6.42 Å². The molecular weight excluding hydrogens is 298 g/mol. The zero-order valence-corrected chi connectivity index (χ0v) is 12.8. The highest BCUT2D eigenvalue weighted by Crippen LogP contribution is 2.26. The first-order valence-electron chi connectivity index (χ1n) is 7.12. The van der Waals surface area contributed by atoms with Crippen LogP contribution in [-0.4, -0.2) is 21.9 Å². The number of aliphatic hydroxyl groups is 1. The maximum Gasteiger partial charge on any atom is 0.206 e. The largest absolute Gasteiger partial charge is 0.467 e. The Bertz CT molecular complexity index is 683. The average Bonchev–Trinajstić information content (AvgIpc) is 3.20. The number of rotatable bonds is 7. The Morgan fingerprint density at radius 3 is 2.73 bits per heavy atom. The average molecular weight is 315 g/mol. The molecule has 1 aromatic carbocycles. The van der Waals surface area contributed by atoms with Crippen molar-refractivity contribution in [3.05, 3.63) is 65.1 Å². The van der Waals surface area contributed by atoms with Crippen molar-refractivity contribution in [3.63, 3.8) is 0 Å². The monoisotopic (exact) mass is 315 g/mol. The zero-order chi connectivity index (χ0) is 15.2. The van der Waals surface area contributed by atoms with E-state index in [4.69, 9.17) is 4.42 Å². The summed E-state index contributed by atoms with van der Waals surface area (Å²) in [6.07, 6.45) is 2.95. The second-order valence-corrected chi connectivity index (χ2v) is 5.95. The van der Waals surface area contributed by atoms with Crippen LogP contribution in [0.4, 0.5) is 5.13 Å². The number of aliphatic hydroxyl groups excluding tert-OH is 1. The van der Waals surface area contributed by atoms with E-state index in [0.717, 1.165) is 22.3 Å². The Balaban J connectivity index is 1.67. The molecule has 0 spiro atoms. The Kier molecular flexibility index (Phi) is 4.82. The number of anilines is 1. The van der Waals surface area contributed by atoms with Crippen molar-refractivity contribution < 1.29 is 9.52 Å². The fourth-order valence-electron chi connectivity index (χ4n) is 2.21. The van der Waals surface area contributed by atoms with E-state index in [0.29, 0.717) is 6.42 Å². The van der Waals surface area contributed by atoms with E-state index in [2.05, 4.69) is 27.6 Å². The van der Waals surface area contributed by atoms with Crippen molar-refractivity contribution >= 4 is 16.5 Å². The first-order chi connectivity index (χ1) is 10.8. The maximum atomic E-state index is 9.20. The van der Waals surface area contributed by atoms with Gasteiger partial charge in [0.25, 0.3) is 0 Å². The number of hydrogen-bond acceptors (Lipinski definition) is 6. The van der Waals surface area contributed by atoms with Gasteiger partial charge in [-0.3, -0.25) is 0 Å². The van der Waals surface area contributed by atoms with Crippen molar-refractivity contribution in [2.45, 2.75) is 18.9 Å². The predicted molar refractivity (Wildman–Crippen MR) is 85.9 cm³/mol. The molecule has 2 aromatic heterocycles. The molecule has 1 unspecified atom stereocenters. The molecule has 5 nitrogen and oxygen atoms in total. The lowest BCUT2D eigenvalue weighted by Crippen LogP contribution is -2.11. The van der Waals surface area contributed by atoms with E-state index in [1.165, 1.54) is 16.9 Å². The summed E-state index contributed by atoms with van der Waals surface area (Å²) >= 11 is 1.52. The van der Waals surface area contributed by atoms with E-state index in [1.54, 1.807) is 6.26 Å². The molecule has 0 aliphatic heterocycles. The van der Waals surface area contributed by atoms with Gasteiger partial charge < -0.3 is 14.8 Å². The molecule has 0 aliphatic rings. The highest BCUT2D eigenvalue weighted by molar-refractivity contribution is 7.15. The van der Waals surface area contributed by atoms with Crippen LogP contribution in [0.5, 0.6) is 0 Å². The molecule has 0 saturated carbocycles. The lowest BCUT2D eigenvalue weighted by Gasteiger charge is -2.13. The van der Waals surface area contributed by atoms with Gasteiger partial charge in [-0.1, -0.05) is 41.7 Å². The summed E-state index contributed by atoms with van der Waals surface area (Å²) in [5.41, 5.74) is 1.21. The second-order valence-electron chi connectivity index (χ2n) is 4.89. The van der Waals surface area contributed by atoms with E-state index >= 15 is 0 Å². The van der Waals surface area contributed by atoms with Gasteiger partial charge in [0, 0.05) is 13.0 Å². The van der Waals surface area contributed by atoms with Crippen LogP contribution in [0.15, 0.2) is 53.1 Å². The van der Waals surface area contributed by atoms with Gasteiger partial charge in [0.2, 0.25) is 5.13 Å². The number of hydrogen-bond donors (Lipinski definition) is 2. The highest BCUT2D eigenvalue weighted by Gasteiger charge is 2.16. The third-order valence-electron chi connectivity index (χ3n) is 3.27. The fraction of sp³-hybridized carbons (Fsp3) is 0.250. The van der Waals surface area contributed by atoms with E-state index in [1.807, 2.05) is 30.3 Å². The van der Waals surface area contributed by atoms with Crippen molar-refractivity contribution in [1.82, 2.24) is 10.2 Å². The van der Waals surface area contributed by atoms with Crippen molar-refractivity contribution in [3.8, 4) is 0 Å². The molecule has 6 heteroatoms. The summed E-state index contributed by atoms with van der Waals surface area (Å²) in [5, 5.41) is 22.6. The molecule has 22 heavy (non-hydrogen) atoms. The smallest absolute Gasteiger partial charge is 0.206 e. The Morgan fingerprint density at radius 2 is 2.00 bits per heavy atom. The molecule has 3 aromatic rings. The minimum absolute atomic E-state index is 0.0774. The van der Waals surface area contributed by atoms with Gasteiger partial charge in [0.1, 0.15) is 10.8 Å². The van der Waals surface area contributed by atoms with Crippen LogP contribution in [0.3, 0.4) is 0 Å².